The quantitative estimate of drug-likeness (QED) is 0.830. The van der Waals surface area contributed by atoms with Gasteiger partial charge in [0, 0.05) is 28.8 Å². The molecule has 2 N–H and O–H groups in total. The Hall–Kier alpha value is -0.730. The molecule has 0 radical (unpaired) electrons. The second-order valence-electron chi connectivity index (χ2n) is 5.46. The van der Waals surface area contributed by atoms with Crippen molar-refractivity contribution in [1.29, 1.82) is 0 Å². The molecule has 17 heavy (non-hydrogen) atoms. The zero-order valence-electron chi connectivity index (χ0n) is 10.2. The van der Waals surface area contributed by atoms with E-state index in [1.54, 1.807) is 0 Å². The molecule has 2 aliphatic heterocycles. The number of nitrogens with two attached hydrogens (primary N) is 1. The SMILES string of the molecule is Cc1ccc(N2C3CCC2CC(N)C3)cc1Cl. The van der Waals surface area contributed by atoms with Crippen LogP contribution in [0.4, 0.5) is 5.69 Å². The molecule has 1 aromatic carbocycles. The molecule has 2 atom stereocenters. The Morgan fingerprint density at radius 3 is 2.47 bits per heavy atom. The summed E-state index contributed by atoms with van der Waals surface area (Å²) in [4.78, 5) is 2.55. The molecular formula is C14H19ClN2. The maximum Gasteiger partial charge on any atom is 0.0455 e. The molecule has 0 amide bonds. The molecule has 1 aromatic rings. The number of hydrogen-bond acceptors (Lipinski definition) is 2. The van der Waals surface area contributed by atoms with Crippen LogP contribution in [-0.2, 0) is 0 Å². The van der Waals surface area contributed by atoms with E-state index in [9.17, 15) is 0 Å². The summed E-state index contributed by atoms with van der Waals surface area (Å²) in [5.74, 6) is 0. The third-order valence-electron chi connectivity index (χ3n) is 4.22. The highest BCUT2D eigenvalue weighted by Gasteiger charge is 2.39. The van der Waals surface area contributed by atoms with Gasteiger partial charge >= 0.3 is 0 Å². The molecule has 3 heteroatoms. The van der Waals surface area contributed by atoms with Crippen LogP contribution in [0.15, 0.2) is 18.2 Å². The van der Waals surface area contributed by atoms with E-state index in [-0.39, 0.29) is 0 Å². The molecule has 2 bridgehead atoms. The Labute approximate surface area is 108 Å². The van der Waals surface area contributed by atoms with E-state index in [0.717, 1.165) is 23.4 Å². The average Bonchev–Trinajstić information content (AvgIpc) is 2.55. The third-order valence-corrected chi connectivity index (χ3v) is 4.63. The Bertz CT molecular complexity index is 418. The lowest BCUT2D eigenvalue weighted by Crippen LogP contribution is -2.47. The van der Waals surface area contributed by atoms with Crippen molar-refractivity contribution in [3.63, 3.8) is 0 Å². The molecule has 0 saturated carbocycles. The highest BCUT2D eigenvalue weighted by molar-refractivity contribution is 6.31. The molecular weight excluding hydrogens is 232 g/mol. The number of hydrogen-bond donors (Lipinski definition) is 1. The van der Waals surface area contributed by atoms with Gasteiger partial charge in [-0.05, 0) is 50.3 Å². The smallest absolute Gasteiger partial charge is 0.0455 e. The summed E-state index contributed by atoms with van der Waals surface area (Å²) >= 11 is 6.23. The van der Waals surface area contributed by atoms with Crippen molar-refractivity contribution < 1.29 is 0 Å². The summed E-state index contributed by atoms with van der Waals surface area (Å²) in [7, 11) is 0. The predicted molar refractivity (Wildman–Crippen MR) is 72.7 cm³/mol. The third kappa shape index (κ3) is 1.94. The zero-order valence-corrected chi connectivity index (χ0v) is 11.0. The minimum absolute atomic E-state index is 0.393. The summed E-state index contributed by atoms with van der Waals surface area (Å²) in [6, 6.07) is 8.07. The number of anilines is 1. The van der Waals surface area contributed by atoms with Gasteiger partial charge in [0.25, 0.3) is 0 Å². The van der Waals surface area contributed by atoms with E-state index in [0.29, 0.717) is 18.1 Å². The summed E-state index contributed by atoms with van der Waals surface area (Å²) in [5.41, 5.74) is 8.52. The highest BCUT2D eigenvalue weighted by atomic mass is 35.5. The van der Waals surface area contributed by atoms with Crippen LogP contribution in [0.1, 0.15) is 31.2 Å². The second kappa shape index (κ2) is 4.18. The standard InChI is InChI=1S/C14H19ClN2/c1-9-2-3-13(8-14(9)15)17-11-4-5-12(17)7-10(16)6-11/h2-3,8,10-12H,4-7,16H2,1H3. The van der Waals surface area contributed by atoms with Crippen molar-refractivity contribution in [3.8, 4) is 0 Å². The Morgan fingerprint density at radius 2 is 1.88 bits per heavy atom. The van der Waals surface area contributed by atoms with Crippen molar-refractivity contribution in [2.45, 2.75) is 50.7 Å². The second-order valence-corrected chi connectivity index (χ2v) is 5.86. The lowest BCUT2D eigenvalue weighted by Gasteiger charge is -2.39. The van der Waals surface area contributed by atoms with Gasteiger partial charge in [0.2, 0.25) is 0 Å². The fourth-order valence-corrected chi connectivity index (χ4v) is 3.56. The molecule has 2 fully saturated rings. The minimum Gasteiger partial charge on any atom is -0.365 e. The van der Waals surface area contributed by atoms with Gasteiger partial charge in [-0.1, -0.05) is 17.7 Å². The number of benzene rings is 1. The number of halogens is 1. The van der Waals surface area contributed by atoms with Gasteiger partial charge in [-0.15, -0.1) is 0 Å². The molecule has 2 unspecified atom stereocenters. The monoisotopic (exact) mass is 250 g/mol. The van der Waals surface area contributed by atoms with E-state index < -0.39 is 0 Å². The van der Waals surface area contributed by atoms with Gasteiger partial charge < -0.3 is 10.6 Å². The average molecular weight is 251 g/mol. The van der Waals surface area contributed by atoms with Crippen molar-refractivity contribution in [2.75, 3.05) is 4.90 Å². The number of aryl methyl sites for hydroxylation is 1. The normalized spacial score (nSPS) is 31.9. The molecule has 2 heterocycles. The van der Waals surface area contributed by atoms with Gasteiger partial charge in [0.1, 0.15) is 0 Å². The lowest BCUT2D eigenvalue weighted by atomic mass is 9.97. The summed E-state index contributed by atoms with van der Waals surface area (Å²) in [6.07, 6.45) is 4.82. The fraction of sp³-hybridized carbons (Fsp3) is 0.571. The predicted octanol–water partition coefficient (Wildman–Crippen LogP) is 3.11. The maximum absolute atomic E-state index is 6.23. The van der Waals surface area contributed by atoms with Crippen LogP contribution in [0.5, 0.6) is 0 Å². The molecule has 0 spiro atoms. The first-order chi connectivity index (χ1) is 8.15. The summed E-state index contributed by atoms with van der Waals surface area (Å²) in [5, 5.41) is 0.872. The summed E-state index contributed by atoms with van der Waals surface area (Å²) in [6.45, 7) is 2.05. The first kappa shape index (κ1) is 11.4. The van der Waals surface area contributed by atoms with E-state index in [2.05, 4.69) is 23.1 Å². The molecule has 92 valence electrons. The number of rotatable bonds is 1. The van der Waals surface area contributed by atoms with Crippen molar-refractivity contribution in [1.82, 2.24) is 0 Å². The van der Waals surface area contributed by atoms with E-state index in [1.807, 2.05) is 6.92 Å². The molecule has 0 aromatic heterocycles. The van der Waals surface area contributed by atoms with Crippen LogP contribution >= 0.6 is 11.6 Å². The molecule has 0 aliphatic carbocycles. The van der Waals surface area contributed by atoms with Crippen molar-refractivity contribution in [2.24, 2.45) is 5.73 Å². The van der Waals surface area contributed by atoms with Crippen molar-refractivity contribution in [3.05, 3.63) is 28.8 Å². The van der Waals surface area contributed by atoms with Gasteiger partial charge in [0.05, 0.1) is 0 Å². The largest absolute Gasteiger partial charge is 0.365 e. The number of nitrogens with zero attached hydrogens (tertiary/aromatic N) is 1. The van der Waals surface area contributed by atoms with Crippen LogP contribution in [0.25, 0.3) is 0 Å². The van der Waals surface area contributed by atoms with Crippen LogP contribution in [0.3, 0.4) is 0 Å². The number of fused-ring (bicyclic) bond motifs is 2. The molecule has 2 nitrogen and oxygen atoms in total. The molecule has 3 rings (SSSR count). The molecule has 2 aliphatic rings. The topological polar surface area (TPSA) is 29.3 Å². The first-order valence-electron chi connectivity index (χ1n) is 6.45. The van der Waals surface area contributed by atoms with Gasteiger partial charge in [-0.2, -0.15) is 0 Å². The Morgan fingerprint density at radius 1 is 1.24 bits per heavy atom. The fourth-order valence-electron chi connectivity index (χ4n) is 3.38. The van der Waals surface area contributed by atoms with E-state index in [1.165, 1.54) is 18.5 Å². The van der Waals surface area contributed by atoms with Crippen LogP contribution in [-0.4, -0.2) is 18.1 Å². The number of piperidine rings is 1. The van der Waals surface area contributed by atoms with Crippen molar-refractivity contribution >= 4 is 17.3 Å². The highest BCUT2D eigenvalue weighted by Crippen LogP contribution is 2.39. The van der Waals surface area contributed by atoms with Gasteiger partial charge in [-0.3, -0.25) is 0 Å². The van der Waals surface area contributed by atoms with E-state index >= 15 is 0 Å². The first-order valence-corrected chi connectivity index (χ1v) is 6.83. The molecule has 2 saturated heterocycles. The maximum atomic E-state index is 6.23. The lowest BCUT2D eigenvalue weighted by molar-refractivity contribution is 0.414. The minimum atomic E-state index is 0.393. The zero-order chi connectivity index (χ0) is 12.0. The Kier molecular flexibility index (Phi) is 2.80. The van der Waals surface area contributed by atoms with Crippen LogP contribution in [0, 0.1) is 6.92 Å². The van der Waals surface area contributed by atoms with Crippen LogP contribution in [0.2, 0.25) is 5.02 Å². The van der Waals surface area contributed by atoms with Gasteiger partial charge in [-0.25, -0.2) is 0 Å². The van der Waals surface area contributed by atoms with Crippen LogP contribution < -0.4 is 10.6 Å². The van der Waals surface area contributed by atoms with E-state index in [4.69, 9.17) is 17.3 Å². The Balaban J connectivity index is 1.92. The van der Waals surface area contributed by atoms with Gasteiger partial charge in [0.15, 0.2) is 0 Å². The summed E-state index contributed by atoms with van der Waals surface area (Å²) < 4.78 is 0.